The van der Waals surface area contributed by atoms with Crippen molar-refractivity contribution >= 4 is 40.7 Å². The number of nitrogens with one attached hydrogen (secondary N) is 3. The van der Waals surface area contributed by atoms with Gasteiger partial charge in [0, 0.05) is 24.1 Å². The lowest BCUT2D eigenvalue weighted by Gasteiger charge is -2.31. The number of hydrogen-bond acceptors (Lipinski definition) is 8. The van der Waals surface area contributed by atoms with Gasteiger partial charge < -0.3 is 39.2 Å². The first-order valence-corrected chi connectivity index (χ1v) is 19.3. The van der Waals surface area contributed by atoms with E-state index in [4.69, 9.17) is 24.2 Å². The first kappa shape index (κ1) is 34.9. The summed E-state index contributed by atoms with van der Waals surface area (Å²) in [5.74, 6) is 3.42. The average molecular weight is 730 g/mol. The number of piperidine rings is 1. The van der Waals surface area contributed by atoms with Gasteiger partial charge in [-0.25, -0.2) is 14.8 Å². The molecule has 2 amide bonds. The molecule has 13 heteroatoms. The van der Waals surface area contributed by atoms with Crippen LogP contribution in [-0.4, -0.2) is 87.9 Å². The first-order chi connectivity index (χ1) is 26.1. The van der Waals surface area contributed by atoms with E-state index in [0.29, 0.717) is 25.3 Å². The molecule has 3 aliphatic heterocycles. The van der Waals surface area contributed by atoms with Crippen LogP contribution in [0.4, 0.5) is 4.79 Å². The standard InChI is InChI=1S/C41H48BN7O5/c1-21(2)36(47-41(51)53-6)40(50)49-32-14-25(32)15-34(49)38-43-17-31(45-38)24-7-9-27-26(12-24)20-54-35-16-28-23(13-29(27)35)8-10-30-37(28)46-39(44-30)33-11-22(19-52-5)18-48(33)42(3)4/h7-10,12-13,16-17,21-22,25,32-34,36H,11,14-15,18-20H2,1-6H3,(H,43,45)(H,44,46)(H,47,51). The summed E-state index contributed by atoms with van der Waals surface area (Å²) in [5.41, 5.74) is 7.24. The molecule has 12 nitrogen and oxygen atoms in total. The van der Waals surface area contributed by atoms with E-state index in [0.717, 1.165) is 99.6 Å². The van der Waals surface area contributed by atoms with Gasteiger partial charge in [-0.3, -0.25) is 4.79 Å². The summed E-state index contributed by atoms with van der Waals surface area (Å²) in [5, 5.41) is 4.96. The van der Waals surface area contributed by atoms with Gasteiger partial charge in [-0.1, -0.05) is 45.7 Å². The Morgan fingerprint density at radius 3 is 2.65 bits per heavy atom. The highest BCUT2D eigenvalue weighted by Crippen LogP contribution is 2.53. The zero-order chi connectivity index (χ0) is 37.4. The fraction of sp³-hybridized carbons (Fsp3) is 0.463. The number of carbonyl (C=O) groups is 2. The van der Waals surface area contributed by atoms with Crippen LogP contribution < -0.4 is 10.1 Å². The smallest absolute Gasteiger partial charge is 0.407 e. The van der Waals surface area contributed by atoms with Crippen molar-refractivity contribution < 1.29 is 23.8 Å². The number of benzene rings is 3. The third-order valence-electron chi connectivity index (χ3n) is 12.1. The highest BCUT2D eigenvalue weighted by Gasteiger charge is 2.56. The zero-order valence-corrected chi connectivity index (χ0v) is 31.8. The van der Waals surface area contributed by atoms with Crippen LogP contribution in [0.2, 0.25) is 13.6 Å². The molecule has 3 fully saturated rings. The second-order valence-electron chi connectivity index (χ2n) is 16.3. The summed E-state index contributed by atoms with van der Waals surface area (Å²) in [6, 6.07) is 14.7. The van der Waals surface area contributed by atoms with Crippen molar-refractivity contribution in [3.8, 4) is 28.1 Å². The predicted octanol–water partition coefficient (Wildman–Crippen LogP) is 6.97. The SMILES string of the molecule is COCC1CC(c2nc3c(ccc4cc5c(cc43)OCc3cc(-c4cnc(C6CC7CC7N6C(=O)C(NC(=O)OC)C(C)C)[nH]4)ccc3-5)[nH]2)N(B(C)C)C1. The molecule has 0 bridgehead atoms. The van der Waals surface area contributed by atoms with Crippen molar-refractivity contribution in [3.05, 3.63) is 65.9 Å². The van der Waals surface area contributed by atoms with Gasteiger partial charge in [-0.15, -0.1) is 0 Å². The average Bonchev–Trinajstić information content (AvgIpc) is 3.64. The summed E-state index contributed by atoms with van der Waals surface area (Å²) < 4.78 is 16.8. The molecular weight excluding hydrogens is 681 g/mol. The Bertz CT molecular complexity index is 2270. The van der Waals surface area contributed by atoms with Crippen molar-refractivity contribution in [1.29, 1.82) is 0 Å². The van der Waals surface area contributed by atoms with Gasteiger partial charge in [-0.2, -0.15) is 0 Å². The molecule has 1 saturated carbocycles. The second-order valence-corrected chi connectivity index (χ2v) is 16.3. The molecule has 0 spiro atoms. The van der Waals surface area contributed by atoms with E-state index < -0.39 is 12.1 Å². The number of carbonyl (C=O) groups excluding carboxylic acids is 2. The van der Waals surface area contributed by atoms with Gasteiger partial charge in [0.15, 0.2) is 0 Å². The van der Waals surface area contributed by atoms with Crippen LogP contribution in [-0.2, 0) is 20.9 Å². The molecule has 6 atom stereocenters. The first-order valence-electron chi connectivity index (χ1n) is 19.3. The van der Waals surface area contributed by atoms with E-state index >= 15 is 0 Å². The van der Waals surface area contributed by atoms with Crippen LogP contribution in [0.25, 0.3) is 44.2 Å². The molecule has 2 saturated heterocycles. The molecule has 0 radical (unpaired) electrons. The Labute approximate surface area is 315 Å². The highest BCUT2D eigenvalue weighted by molar-refractivity contribution is 6.52. The van der Waals surface area contributed by atoms with Crippen molar-refractivity contribution in [2.75, 3.05) is 27.4 Å². The summed E-state index contributed by atoms with van der Waals surface area (Å²) in [6.45, 7) is 11.0. The number of aromatic amines is 2. The quantitative estimate of drug-likeness (QED) is 0.139. The Kier molecular flexibility index (Phi) is 8.69. The van der Waals surface area contributed by atoms with Gasteiger partial charge >= 0.3 is 6.09 Å². The Balaban J connectivity index is 0.977. The second kappa shape index (κ2) is 13.5. The number of amides is 2. The molecule has 6 unspecified atom stereocenters. The normalized spacial score (nSPS) is 23.6. The summed E-state index contributed by atoms with van der Waals surface area (Å²) in [4.78, 5) is 47.6. The van der Waals surface area contributed by atoms with E-state index in [2.05, 4.69) is 76.2 Å². The summed E-state index contributed by atoms with van der Waals surface area (Å²) in [7, 11) is 3.10. The monoisotopic (exact) mass is 729 g/mol. The molecule has 280 valence electrons. The minimum Gasteiger partial charge on any atom is -0.488 e. The zero-order valence-electron chi connectivity index (χ0n) is 31.8. The molecule has 4 aliphatic rings. The Morgan fingerprint density at radius 1 is 1.02 bits per heavy atom. The molecule has 5 heterocycles. The fourth-order valence-corrected chi connectivity index (χ4v) is 9.31. The van der Waals surface area contributed by atoms with E-state index in [-0.39, 0.29) is 30.0 Å². The third-order valence-corrected chi connectivity index (χ3v) is 12.1. The maximum absolute atomic E-state index is 13.9. The third kappa shape index (κ3) is 5.92. The largest absolute Gasteiger partial charge is 0.488 e. The molecular formula is C41H48BN7O5. The van der Waals surface area contributed by atoms with E-state index in [9.17, 15) is 9.59 Å². The predicted molar refractivity (Wildman–Crippen MR) is 208 cm³/mol. The Morgan fingerprint density at radius 2 is 1.87 bits per heavy atom. The maximum Gasteiger partial charge on any atom is 0.407 e. The van der Waals surface area contributed by atoms with Gasteiger partial charge in [-0.05, 0) is 89.9 Å². The highest BCUT2D eigenvalue weighted by atomic mass is 16.5. The topological polar surface area (TPSA) is 138 Å². The number of methoxy groups -OCH3 is 2. The van der Waals surface area contributed by atoms with Gasteiger partial charge in [0.25, 0.3) is 0 Å². The number of nitrogens with zero attached hydrogens (tertiary/aromatic N) is 4. The number of H-pyrrole nitrogens is 2. The van der Waals surface area contributed by atoms with Crippen molar-refractivity contribution in [2.45, 2.75) is 77.5 Å². The number of rotatable bonds is 9. The van der Waals surface area contributed by atoms with Gasteiger partial charge in [0.05, 0.1) is 48.7 Å². The van der Waals surface area contributed by atoms with Crippen molar-refractivity contribution in [1.82, 2.24) is 35.0 Å². The lowest BCUT2D eigenvalue weighted by atomic mass is 9.65. The number of hydrogen-bond donors (Lipinski definition) is 3. The number of aromatic nitrogens is 4. The Hall–Kier alpha value is -4.88. The van der Waals surface area contributed by atoms with Crippen LogP contribution in [0.15, 0.2) is 48.7 Å². The minimum absolute atomic E-state index is 0.0865. The lowest BCUT2D eigenvalue weighted by molar-refractivity contribution is -0.136. The fourth-order valence-electron chi connectivity index (χ4n) is 9.31. The molecule has 54 heavy (non-hydrogen) atoms. The van der Waals surface area contributed by atoms with Crippen LogP contribution >= 0.6 is 0 Å². The van der Waals surface area contributed by atoms with E-state index in [1.165, 1.54) is 7.11 Å². The number of alkyl carbamates (subject to hydrolysis) is 1. The van der Waals surface area contributed by atoms with Crippen LogP contribution in [0, 0.1) is 17.8 Å². The molecule has 3 N–H and O–H groups in total. The minimum atomic E-state index is -0.667. The lowest BCUT2D eigenvalue weighted by Crippen LogP contribution is -2.52. The number of likely N-dealkylation sites (tertiary alicyclic amines) is 1. The maximum atomic E-state index is 13.9. The van der Waals surface area contributed by atoms with Gasteiger partial charge in [0.2, 0.25) is 12.8 Å². The number of ether oxygens (including phenoxy) is 3. The van der Waals surface area contributed by atoms with Crippen LogP contribution in [0.3, 0.4) is 0 Å². The number of imidazole rings is 2. The van der Waals surface area contributed by atoms with Crippen LogP contribution in [0.5, 0.6) is 5.75 Å². The molecule has 9 rings (SSSR count). The molecule has 3 aromatic carbocycles. The van der Waals surface area contributed by atoms with Crippen molar-refractivity contribution in [2.24, 2.45) is 17.8 Å². The summed E-state index contributed by atoms with van der Waals surface area (Å²) in [6.07, 6.45) is 4.12. The van der Waals surface area contributed by atoms with Gasteiger partial charge in [0.1, 0.15) is 30.0 Å². The van der Waals surface area contributed by atoms with E-state index in [1.807, 2.05) is 24.9 Å². The number of fused-ring (bicyclic) bond motifs is 7. The molecule has 2 aromatic heterocycles. The van der Waals surface area contributed by atoms with Crippen LogP contribution in [0.1, 0.15) is 62.4 Å². The summed E-state index contributed by atoms with van der Waals surface area (Å²) >= 11 is 0. The van der Waals surface area contributed by atoms with Crippen molar-refractivity contribution in [3.63, 3.8) is 0 Å². The molecule has 1 aliphatic carbocycles. The molecule has 5 aromatic rings. The van der Waals surface area contributed by atoms with E-state index in [1.54, 1.807) is 7.11 Å².